The summed E-state index contributed by atoms with van der Waals surface area (Å²) in [6.07, 6.45) is 0. The number of carbonyl (C=O) groups is 2. The van der Waals surface area contributed by atoms with Gasteiger partial charge in [0, 0.05) is 18.5 Å². The van der Waals surface area contributed by atoms with Gasteiger partial charge >= 0.3 is 12.0 Å². The number of rotatable bonds is 6. The Labute approximate surface area is 115 Å². The van der Waals surface area contributed by atoms with E-state index in [2.05, 4.69) is 10.6 Å². The first-order valence-corrected chi connectivity index (χ1v) is 6.59. The Balaban J connectivity index is 2.56. The molecule has 1 aromatic rings. The summed E-state index contributed by atoms with van der Waals surface area (Å²) >= 11 is 1.28. The Kier molecular flexibility index (Phi) is 5.31. The summed E-state index contributed by atoms with van der Waals surface area (Å²) in [5, 5.41) is 15.9. The Morgan fingerprint density at radius 1 is 1.53 bits per heavy atom. The van der Waals surface area contributed by atoms with Crippen LogP contribution in [0.5, 0.6) is 0 Å². The lowest BCUT2D eigenvalue weighted by Crippen LogP contribution is -2.46. The van der Waals surface area contributed by atoms with Crippen LogP contribution in [-0.4, -0.2) is 36.4 Å². The van der Waals surface area contributed by atoms with Crippen molar-refractivity contribution in [1.29, 1.82) is 0 Å². The van der Waals surface area contributed by atoms with Crippen LogP contribution in [-0.2, 0) is 9.53 Å². The van der Waals surface area contributed by atoms with Gasteiger partial charge in [-0.2, -0.15) is 0 Å². The molecule has 1 rings (SSSR count). The highest BCUT2D eigenvalue weighted by Crippen LogP contribution is 2.19. The molecule has 1 aromatic heterocycles. The van der Waals surface area contributed by atoms with E-state index in [4.69, 9.17) is 9.84 Å². The van der Waals surface area contributed by atoms with Gasteiger partial charge in [-0.1, -0.05) is 6.07 Å². The first-order valence-electron chi connectivity index (χ1n) is 5.71. The molecule has 3 N–H and O–H groups in total. The molecule has 19 heavy (non-hydrogen) atoms. The molecule has 0 radical (unpaired) electrons. The second-order valence-corrected chi connectivity index (χ2v) is 5.56. The molecule has 106 valence electrons. The van der Waals surface area contributed by atoms with Crippen molar-refractivity contribution >= 4 is 23.3 Å². The van der Waals surface area contributed by atoms with E-state index in [9.17, 15) is 9.59 Å². The number of carbonyl (C=O) groups excluding carboxylic acids is 1. The molecule has 0 fully saturated rings. The van der Waals surface area contributed by atoms with E-state index in [0.29, 0.717) is 4.88 Å². The van der Waals surface area contributed by atoms with Crippen molar-refractivity contribution < 1.29 is 19.4 Å². The molecule has 6 nitrogen and oxygen atoms in total. The zero-order valence-electron chi connectivity index (χ0n) is 11.1. The highest BCUT2D eigenvalue weighted by molar-refractivity contribution is 7.10. The maximum atomic E-state index is 11.7. The number of carboxylic acids is 1. The molecule has 0 aromatic carbocycles. The van der Waals surface area contributed by atoms with Crippen LogP contribution in [0, 0.1) is 0 Å². The van der Waals surface area contributed by atoms with Crippen LogP contribution in [0.15, 0.2) is 17.5 Å². The number of thiophene rings is 1. The van der Waals surface area contributed by atoms with Crippen molar-refractivity contribution in [1.82, 2.24) is 10.6 Å². The Hall–Kier alpha value is -1.60. The number of hydrogen-bond acceptors (Lipinski definition) is 4. The largest absolute Gasteiger partial charge is 0.479 e. The van der Waals surface area contributed by atoms with Gasteiger partial charge in [-0.15, -0.1) is 11.3 Å². The van der Waals surface area contributed by atoms with Gasteiger partial charge in [0.15, 0.2) is 6.04 Å². The molecule has 7 heteroatoms. The third-order valence-corrected chi connectivity index (χ3v) is 3.51. The van der Waals surface area contributed by atoms with Crippen LogP contribution in [0.4, 0.5) is 4.79 Å². The second-order valence-electron chi connectivity index (χ2n) is 4.58. The molecule has 1 atom stereocenters. The molecule has 0 aliphatic rings. The van der Waals surface area contributed by atoms with Crippen molar-refractivity contribution in [3.05, 3.63) is 22.4 Å². The fourth-order valence-corrected chi connectivity index (χ4v) is 2.02. The number of ether oxygens (including phenoxy) is 1. The number of aliphatic carboxylic acids is 1. The van der Waals surface area contributed by atoms with Crippen LogP contribution in [0.3, 0.4) is 0 Å². The average Bonchev–Trinajstić information content (AvgIpc) is 2.86. The van der Waals surface area contributed by atoms with Gasteiger partial charge in [0.05, 0.1) is 5.60 Å². The van der Waals surface area contributed by atoms with Crippen LogP contribution in [0.2, 0.25) is 0 Å². The van der Waals surface area contributed by atoms with Crippen molar-refractivity contribution in [3.8, 4) is 0 Å². The fourth-order valence-electron chi connectivity index (χ4n) is 1.26. The molecular formula is C12H18N2O4S. The summed E-state index contributed by atoms with van der Waals surface area (Å²) in [5.41, 5.74) is -0.501. The Morgan fingerprint density at radius 2 is 2.21 bits per heavy atom. The van der Waals surface area contributed by atoms with Gasteiger partial charge in [0.2, 0.25) is 0 Å². The van der Waals surface area contributed by atoms with Crippen LogP contribution >= 0.6 is 11.3 Å². The normalized spacial score (nSPS) is 12.8. The second kappa shape index (κ2) is 6.53. The fraction of sp³-hybridized carbons (Fsp3) is 0.500. The molecule has 0 saturated carbocycles. The molecule has 0 bridgehead atoms. The zero-order chi connectivity index (χ0) is 14.5. The van der Waals surface area contributed by atoms with E-state index >= 15 is 0 Å². The summed E-state index contributed by atoms with van der Waals surface area (Å²) in [7, 11) is 1.55. The van der Waals surface area contributed by atoms with Crippen molar-refractivity contribution in [3.63, 3.8) is 0 Å². The minimum atomic E-state index is -1.09. The van der Waals surface area contributed by atoms with E-state index in [0.717, 1.165) is 0 Å². The number of amides is 2. The number of hydrogen-bond donors (Lipinski definition) is 3. The zero-order valence-corrected chi connectivity index (χ0v) is 11.9. The van der Waals surface area contributed by atoms with Gasteiger partial charge in [0.1, 0.15) is 0 Å². The number of carboxylic acid groups (broad SMARTS) is 1. The average molecular weight is 286 g/mol. The molecule has 0 spiro atoms. The third-order valence-electron chi connectivity index (χ3n) is 2.58. The van der Waals surface area contributed by atoms with Gasteiger partial charge in [-0.05, 0) is 25.3 Å². The summed E-state index contributed by atoms with van der Waals surface area (Å²) < 4.78 is 5.16. The number of methoxy groups -OCH3 is 1. The van der Waals surface area contributed by atoms with Crippen molar-refractivity contribution in [2.75, 3.05) is 13.7 Å². The van der Waals surface area contributed by atoms with Crippen LogP contribution in [0.1, 0.15) is 24.8 Å². The lowest BCUT2D eigenvalue weighted by molar-refractivity contribution is -0.139. The van der Waals surface area contributed by atoms with E-state index in [-0.39, 0.29) is 6.54 Å². The monoisotopic (exact) mass is 286 g/mol. The smallest absolute Gasteiger partial charge is 0.331 e. The van der Waals surface area contributed by atoms with Gasteiger partial charge in [-0.25, -0.2) is 9.59 Å². The predicted molar refractivity (Wildman–Crippen MR) is 72.3 cm³/mol. The number of nitrogens with one attached hydrogen (secondary N) is 2. The van der Waals surface area contributed by atoms with Gasteiger partial charge in [-0.3, -0.25) is 0 Å². The quantitative estimate of drug-likeness (QED) is 0.741. The lowest BCUT2D eigenvalue weighted by atomic mass is 10.1. The number of urea groups is 1. The van der Waals surface area contributed by atoms with E-state index < -0.39 is 23.6 Å². The third kappa shape index (κ3) is 4.88. The molecule has 0 aliphatic heterocycles. The summed E-state index contributed by atoms with van der Waals surface area (Å²) in [6, 6.07) is 1.84. The van der Waals surface area contributed by atoms with Gasteiger partial charge in [0.25, 0.3) is 0 Å². The molecule has 0 saturated heterocycles. The van der Waals surface area contributed by atoms with Crippen LogP contribution < -0.4 is 10.6 Å². The van der Waals surface area contributed by atoms with Crippen LogP contribution in [0.25, 0.3) is 0 Å². The minimum absolute atomic E-state index is 0.284. The van der Waals surface area contributed by atoms with Crippen molar-refractivity contribution in [2.45, 2.75) is 25.5 Å². The summed E-state index contributed by atoms with van der Waals surface area (Å²) in [5.74, 6) is -1.09. The minimum Gasteiger partial charge on any atom is -0.479 e. The first-order chi connectivity index (χ1) is 8.85. The Bertz CT molecular complexity index is 431. The summed E-state index contributed by atoms with van der Waals surface area (Å²) in [6.45, 7) is 3.93. The van der Waals surface area contributed by atoms with E-state index in [1.807, 2.05) is 13.8 Å². The van der Waals surface area contributed by atoms with E-state index in [1.165, 1.54) is 11.3 Å². The maximum absolute atomic E-state index is 11.7. The molecular weight excluding hydrogens is 268 g/mol. The van der Waals surface area contributed by atoms with Gasteiger partial charge < -0.3 is 20.5 Å². The molecule has 2 amide bonds. The summed E-state index contributed by atoms with van der Waals surface area (Å²) in [4.78, 5) is 23.4. The topological polar surface area (TPSA) is 87.7 Å². The predicted octanol–water partition coefficient (Wildman–Crippen LogP) is 1.60. The molecule has 1 unspecified atom stereocenters. The molecule has 0 aliphatic carbocycles. The highest BCUT2D eigenvalue weighted by Gasteiger charge is 2.24. The van der Waals surface area contributed by atoms with E-state index in [1.54, 1.807) is 24.6 Å². The maximum Gasteiger partial charge on any atom is 0.331 e. The molecule has 1 heterocycles. The Morgan fingerprint density at radius 3 is 2.68 bits per heavy atom. The standard InChI is InChI=1S/C12H18N2O4S/c1-12(2,18-3)7-13-11(17)14-9(10(15)16)8-5-4-6-19-8/h4-6,9H,7H2,1-3H3,(H,15,16)(H2,13,14,17). The SMILES string of the molecule is COC(C)(C)CNC(=O)NC(C(=O)O)c1cccs1. The van der Waals surface area contributed by atoms with Crippen molar-refractivity contribution in [2.24, 2.45) is 0 Å². The lowest BCUT2D eigenvalue weighted by Gasteiger charge is -2.23. The first kappa shape index (κ1) is 15.5. The highest BCUT2D eigenvalue weighted by atomic mass is 32.1.